The highest BCUT2D eigenvalue weighted by molar-refractivity contribution is 5.69. The zero-order valence-corrected chi connectivity index (χ0v) is 11.5. The zero-order chi connectivity index (χ0) is 14.0. The predicted octanol–water partition coefficient (Wildman–Crippen LogP) is 0.0529. The van der Waals surface area contributed by atoms with E-state index in [2.05, 4.69) is 0 Å². The zero-order valence-electron chi connectivity index (χ0n) is 11.5. The van der Waals surface area contributed by atoms with Crippen LogP contribution in [-0.4, -0.2) is 73.8 Å². The van der Waals surface area contributed by atoms with Crippen LogP contribution in [0.3, 0.4) is 0 Å². The summed E-state index contributed by atoms with van der Waals surface area (Å²) in [7, 11) is 1.59. The first-order chi connectivity index (χ1) is 8.51. The van der Waals surface area contributed by atoms with Crippen molar-refractivity contribution in [2.24, 2.45) is 5.92 Å². The summed E-state index contributed by atoms with van der Waals surface area (Å²) in [5.41, 5.74) is 0. The average Bonchev–Trinajstić information content (AvgIpc) is 2.33. The monoisotopic (exact) mass is 263 g/mol. The van der Waals surface area contributed by atoms with Gasteiger partial charge in [-0.3, -0.25) is 4.79 Å². The number of carbonyl (C=O) groups is 1. The number of hydrogen-bond acceptors (Lipinski definition) is 5. The second-order valence-corrected chi connectivity index (χ2v) is 4.31. The molecule has 0 heterocycles. The quantitative estimate of drug-likeness (QED) is 0.513. The Morgan fingerprint density at radius 3 is 2.50 bits per heavy atom. The summed E-state index contributed by atoms with van der Waals surface area (Å²) in [6.07, 6.45) is -0.609. The van der Waals surface area contributed by atoms with Crippen LogP contribution in [0.5, 0.6) is 0 Å². The molecule has 6 heteroatoms. The van der Waals surface area contributed by atoms with Crippen molar-refractivity contribution in [1.29, 1.82) is 0 Å². The molecule has 0 aliphatic heterocycles. The fourth-order valence-corrected chi connectivity index (χ4v) is 1.51. The van der Waals surface area contributed by atoms with Crippen molar-refractivity contribution in [3.63, 3.8) is 0 Å². The van der Waals surface area contributed by atoms with E-state index in [0.29, 0.717) is 32.8 Å². The Balaban J connectivity index is 3.85. The maximum atomic E-state index is 10.8. The Bertz CT molecular complexity index is 225. The minimum Gasteiger partial charge on any atom is -0.481 e. The van der Waals surface area contributed by atoms with Crippen LogP contribution in [0.1, 0.15) is 13.8 Å². The molecular formula is C12H25NO5. The molecule has 0 bridgehead atoms. The van der Waals surface area contributed by atoms with Crippen molar-refractivity contribution in [3.8, 4) is 0 Å². The molecule has 2 atom stereocenters. The van der Waals surface area contributed by atoms with Crippen molar-refractivity contribution < 1.29 is 24.5 Å². The topological polar surface area (TPSA) is 79.2 Å². The number of methoxy groups -OCH3 is 1. The molecule has 0 spiro atoms. The standard InChI is InChI=1S/C12H25NO5/c1-4-13(7-10(2)12(15)16)8-11(14)9-18-6-5-17-3/h10-11,14H,4-9H2,1-3H3,(H,15,16). The van der Waals surface area contributed by atoms with E-state index in [4.69, 9.17) is 14.6 Å². The Kier molecular flexibility index (Phi) is 9.86. The largest absolute Gasteiger partial charge is 0.481 e. The molecule has 2 N–H and O–H groups in total. The second-order valence-electron chi connectivity index (χ2n) is 4.31. The van der Waals surface area contributed by atoms with Crippen LogP contribution in [0.4, 0.5) is 0 Å². The molecule has 0 aromatic heterocycles. The summed E-state index contributed by atoms with van der Waals surface area (Å²) >= 11 is 0. The SMILES string of the molecule is CCN(CC(O)COCCOC)CC(C)C(=O)O. The lowest BCUT2D eigenvalue weighted by molar-refractivity contribution is -0.141. The van der Waals surface area contributed by atoms with Crippen LogP contribution in [-0.2, 0) is 14.3 Å². The molecule has 0 aromatic rings. The number of hydrogen-bond donors (Lipinski definition) is 2. The molecule has 0 aliphatic rings. The van der Waals surface area contributed by atoms with Gasteiger partial charge in [0, 0.05) is 20.2 Å². The third-order valence-corrected chi connectivity index (χ3v) is 2.61. The molecule has 0 saturated heterocycles. The number of rotatable bonds is 11. The molecule has 0 rings (SSSR count). The number of likely N-dealkylation sites (N-methyl/N-ethyl adjacent to an activating group) is 1. The minimum absolute atomic E-state index is 0.237. The molecule has 0 aliphatic carbocycles. The second kappa shape index (κ2) is 10.3. The van der Waals surface area contributed by atoms with Gasteiger partial charge in [0.15, 0.2) is 0 Å². The maximum Gasteiger partial charge on any atom is 0.307 e. The van der Waals surface area contributed by atoms with Crippen molar-refractivity contribution >= 4 is 5.97 Å². The first-order valence-electron chi connectivity index (χ1n) is 6.21. The van der Waals surface area contributed by atoms with Crippen molar-refractivity contribution in [3.05, 3.63) is 0 Å². The third kappa shape index (κ3) is 8.41. The molecule has 0 saturated carbocycles. The van der Waals surface area contributed by atoms with E-state index in [0.717, 1.165) is 0 Å². The lowest BCUT2D eigenvalue weighted by Gasteiger charge is -2.25. The van der Waals surface area contributed by atoms with Crippen LogP contribution in [0.2, 0.25) is 0 Å². The summed E-state index contributed by atoms with van der Waals surface area (Å²) in [5, 5.41) is 18.6. The van der Waals surface area contributed by atoms with E-state index in [-0.39, 0.29) is 6.61 Å². The number of aliphatic hydroxyl groups excluding tert-OH is 1. The fourth-order valence-electron chi connectivity index (χ4n) is 1.51. The third-order valence-electron chi connectivity index (χ3n) is 2.61. The van der Waals surface area contributed by atoms with Crippen molar-refractivity contribution in [2.45, 2.75) is 20.0 Å². The lowest BCUT2D eigenvalue weighted by Crippen LogP contribution is -2.39. The van der Waals surface area contributed by atoms with E-state index < -0.39 is 18.0 Å². The van der Waals surface area contributed by atoms with Crippen LogP contribution < -0.4 is 0 Å². The average molecular weight is 263 g/mol. The number of carboxylic acids is 1. The molecule has 0 fully saturated rings. The lowest BCUT2D eigenvalue weighted by atomic mass is 10.1. The Morgan fingerprint density at radius 1 is 1.33 bits per heavy atom. The number of aliphatic carboxylic acids is 1. The predicted molar refractivity (Wildman–Crippen MR) is 67.6 cm³/mol. The number of nitrogens with zero attached hydrogens (tertiary/aromatic N) is 1. The van der Waals surface area contributed by atoms with Crippen molar-refractivity contribution in [2.75, 3.05) is 46.6 Å². The molecule has 0 radical (unpaired) electrons. The number of aliphatic hydroxyl groups is 1. The summed E-state index contributed by atoms with van der Waals surface area (Å²) in [6, 6.07) is 0. The van der Waals surface area contributed by atoms with Crippen molar-refractivity contribution in [1.82, 2.24) is 4.90 Å². The van der Waals surface area contributed by atoms with Gasteiger partial charge in [-0.1, -0.05) is 13.8 Å². The van der Waals surface area contributed by atoms with Gasteiger partial charge in [0.05, 0.1) is 31.8 Å². The highest BCUT2D eigenvalue weighted by Crippen LogP contribution is 2.02. The summed E-state index contributed by atoms with van der Waals surface area (Å²) < 4.78 is 10.0. The highest BCUT2D eigenvalue weighted by atomic mass is 16.5. The maximum absolute atomic E-state index is 10.8. The van der Waals surface area contributed by atoms with Gasteiger partial charge in [0.1, 0.15) is 0 Å². The molecule has 0 aromatic carbocycles. The van der Waals surface area contributed by atoms with E-state index in [9.17, 15) is 9.90 Å². The van der Waals surface area contributed by atoms with Gasteiger partial charge in [0.25, 0.3) is 0 Å². The Hall–Kier alpha value is -0.690. The first-order valence-corrected chi connectivity index (χ1v) is 6.21. The number of ether oxygens (including phenoxy) is 2. The van der Waals surface area contributed by atoms with Gasteiger partial charge in [-0.25, -0.2) is 0 Å². The van der Waals surface area contributed by atoms with Gasteiger partial charge in [-0.2, -0.15) is 0 Å². The van der Waals surface area contributed by atoms with E-state index in [1.807, 2.05) is 11.8 Å². The van der Waals surface area contributed by atoms with E-state index >= 15 is 0 Å². The fraction of sp³-hybridized carbons (Fsp3) is 0.917. The van der Waals surface area contributed by atoms with Gasteiger partial charge in [0.2, 0.25) is 0 Å². The minimum atomic E-state index is -0.820. The van der Waals surface area contributed by atoms with E-state index in [1.54, 1.807) is 14.0 Å². The summed E-state index contributed by atoms with van der Waals surface area (Å²) in [5.74, 6) is -1.26. The van der Waals surface area contributed by atoms with Gasteiger partial charge >= 0.3 is 5.97 Å². The number of carboxylic acid groups (broad SMARTS) is 1. The van der Waals surface area contributed by atoms with Crippen LogP contribution in [0.25, 0.3) is 0 Å². The summed E-state index contributed by atoms with van der Waals surface area (Å²) in [6.45, 7) is 6.33. The molecule has 2 unspecified atom stereocenters. The highest BCUT2D eigenvalue weighted by Gasteiger charge is 2.17. The van der Waals surface area contributed by atoms with Crippen LogP contribution in [0, 0.1) is 5.92 Å². The van der Waals surface area contributed by atoms with Crippen LogP contribution >= 0.6 is 0 Å². The van der Waals surface area contributed by atoms with Gasteiger partial charge in [-0.15, -0.1) is 0 Å². The molecule has 18 heavy (non-hydrogen) atoms. The molecule has 0 amide bonds. The normalized spacial score (nSPS) is 14.7. The van der Waals surface area contributed by atoms with Gasteiger partial charge in [-0.05, 0) is 6.54 Å². The van der Waals surface area contributed by atoms with E-state index in [1.165, 1.54) is 0 Å². The first kappa shape index (κ1) is 17.3. The Labute approximate surface area is 108 Å². The molecule has 108 valence electrons. The summed E-state index contributed by atoms with van der Waals surface area (Å²) in [4.78, 5) is 12.7. The van der Waals surface area contributed by atoms with Crippen LogP contribution in [0.15, 0.2) is 0 Å². The Morgan fingerprint density at radius 2 is 2.00 bits per heavy atom. The molecule has 6 nitrogen and oxygen atoms in total. The molecular weight excluding hydrogens is 238 g/mol. The van der Waals surface area contributed by atoms with Gasteiger partial charge < -0.3 is 24.6 Å². The smallest absolute Gasteiger partial charge is 0.307 e.